The van der Waals surface area contributed by atoms with Gasteiger partial charge < -0.3 is 20.5 Å². The summed E-state index contributed by atoms with van der Waals surface area (Å²) >= 11 is 0. The first kappa shape index (κ1) is 35.0. The van der Waals surface area contributed by atoms with E-state index in [-0.39, 0.29) is 49.8 Å². The third-order valence-electron chi connectivity index (χ3n) is 7.69. The molecule has 2 amide bonds. The number of rotatable bonds is 20. The maximum atomic E-state index is 13.6. The lowest BCUT2D eigenvalue weighted by atomic mass is 9.94. The summed E-state index contributed by atoms with van der Waals surface area (Å²) in [5.41, 5.74) is 2.84. The molecule has 0 fully saturated rings. The van der Waals surface area contributed by atoms with Gasteiger partial charge in [0.05, 0.1) is 30.5 Å². The van der Waals surface area contributed by atoms with Crippen molar-refractivity contribution in [3.8, 4) is 0 Å². The van der Waals surface area contributed by atoms with Gasteiger partial charge in [-0.3, -0.25) is 14.4 Å². The lowest BCUT2D eigenvalue weighted by molar-refractivity contribution is -0.150. The molecule has 0 saturated heterocycles. The standard InChI is InChI=1S/C38H46N2O5/c1-3-5-9-23-33(24-29-17-10-6-11-18-29)38(44)45-28-35(31-21-14-8-15-22-31)40-37(43)32(16-4-2)26-36(42)39-34(27-41)25-30-19-12-7-13-20-30/h3-4,6-8,10-15,17-22,32-35,41H,1-2,5,9,16,23-28H2,(H,39,42)(H,40,43). The minimum absolute atomic E-state index is 0.0436. The minimum Gasteiger partial charge on any atom is -0.463 e. The number of carbonyl (C=O) groups is 3. The van der Waals surface area contributed by atoms with Gasteiger partial charge in [0.2, 0.25) is 11.8 Å². The summed E-state index contributed by atoms with van der Waals surface area (Å²) in [4.78, 5) is 39.9. The Kier molecular flexibility index (Phi) is 15.3. The molecular weight excluding hydrogens is 564 g/mol. The number of hydrogen-bond acceptors (Lipinski definition) is 5. The molecule has 0 aliphatic carbocycles. The first-order valence-corrected chi connectivity index (χ1v) is 15.6. The number of allylic oxidation sites excluding steroid dienone is 2. The molecule has 238 valence electrons. The number of esters is 1. The number of aliphatic hydroxyl groups excluding tert-OH is 1. The Morgan fingerprint density at radius 2 is 1.38 bits per heavy atom. The maximum Gasteiger partial charge on any atom is 0.309 e. The van der Waals surface area contributed by atoms with Gasteiger partial charge in [0.1, 0.15) is 6.61 Å². The summed E-state index contributed by atoms with van der Waals surface area (Å²) in [6.07, 6.45) is 7.00. The Morgan fingerprint density at radius 1 is 0.778 bits per heavy atom. The molecule has 0 radical (unpaired) electrons. The molecule has 0 aliphatic heterocycles. The van der Waals surface area contributed by atoms with Crippen molar-refractivity contribution >= 4 is 17.8 Å². The van der Waals surface area contributed by atoms with Crippen LogP contribution in [0, 0.1) is 11.8 Å². The molecule has 3 rings (SSSR count). The van der Waals surface area contributed by atoms with Crippen LogP contribution in [-0.4, -0.2) is 42.1 Å². The molecule has 0 heterocycles. The van der Waals surface area contributed by atoms with Gasteiger partial charge in [0.15, 0.2) is 0 Å². The first-order chi connectivity index (χ1) is 21.9. The number of ether oxygens (including phenoxy) is 1. The predicted octanol–water partition coefficient (Wildman–Crippen LogP) is 5.90. The molecule has 0 aliphatic rings. The smallest absolute Gasteiger partial charge is 0.309 e. The molecule has 3 aromatic carbocycles. The van der Waals surface area contributed by atoms with E-state index in [0.29, 0.717) is 19.3 Å². The van der Waals surface area contributed by atoms with Crippen LogP contribution in [0.3, 0.4) is 0 Å². The molecule has 0 bridgehead atoms. The summed E-state index contributed by atoms with van der Waals surface area (Å²) in [5.74, 6) is -2.01. The van der Waals surface area contributed by atoms with Crippen LogP contribution in [0.4, 0.5) is 0 Å². The lowest BCUT2D eigenvalue weighted by Gasteiger charge is -2.24. The molecule has 3 aromatic rings. The van der Waals surface area contributed by atoms with Crippen LogP contribution in [0.2, 0.25) is 0 Å². The monoisotopic (exact) mass is 610 g/mol. The van der Waals surface area contributed by atoms with E-state index in [1.165, 1.54) is 0 Å². The van der Waals surface area contributed by atoms with Crippen LogP contribution in [-0.2, 0) is 32.0 Å². The molecule has 4 unspecified atom stereocenters. The van der Waals surface area contributed by atoms with Crippen molar-refractivity contribution in [1.82, 2.24) is 10.6 Å². The normalized spacial score (nSPS) is 13.4. The van der Waals surface area contributed by atoms with Crippen molar-refractivity contribution in [3.63, 3.8) is 0 Å². The van der Waals surface area contributed by atoms with Crippen LogP contribution in [0.5, 0.6) is 0 Å². The third kappa shape index (κ3) is 12.6. The van der Waals surface area contributed by atoms with Gasteiger partial charge in [-0.05, 0) is 55.2 Å². The summed E-state index contributed by atoms with van der Waals surface area (Å²) in [6, 6.07) is 27.7. The van der Waals surface area contributed by atoms with Gasteiger partial charge in [0.25, 0.3) is 0 Å². The van der Waals surface area contributed by atoms with Gasteiger partial charge in [-0.2, -0.15) is 0 Å². The molecule has 45 heavy (non-hydrogen) atoms. The average Bonchev–Trinajstić information content (AvgIpc) is 3.06. The fourth-order valence-corrected chi connectivity index (χ4v) is 5.24. The van der Waals surface area contributed by atoms with Gasteiger partial charge in [0, 0.05) is 6.42 Å². The highest BCUT2D eigenvalue weighted by Gasteiger charge is 2.27. The fourth-order valence-electron chi connectivity index (χ4n) is 5.24. The van der Waals surface area contributed by atoms with Crippen LogP contribution >= 0.6 is 0 Å². The number of aliphatic hydroxyl groups is 1. The molecule has 0 aromatic heterocycles. The molecule has 7 nitrogen and oxygen atoms in total. The van der Waals surface area contributed by atoms with Gasteiger partial charge in [-0.25, -0.2) is 0 Å². The molecule has 0 spiro atoms. The highest BCUT2D eigenvalue weighted by molar-refractivity contribution is 5.86. The Hall–Kier alpha value is -4.49. The Balaban J connectivity index is 1.67. The summed E-state index contributed by atoms with van der Waals surface area (Å²) < 4.78 is 5.86. The van der Waals surface area contributed by atoms with Crippen LogP contribution in [0.1, 0.15) is 54.8 Å². The fraction of sp³-hybridized carbons (Fsp3) is 0.342. The van der Waals surface area contributed by atoms with E-state index in [1.54, 1.807) is 6.08 Å². The minimum atomic E-state index is -0.690. The zero-order valence-electron chi connectivity index (χ0n) is 26.0. The molecule has 3 N–H and O–H groups in total. The largest absolute Gasteiger partial charge is 0.463 e. The van der Waals surface area contributed by atoms with E-state index in [0.717, 1.165) is 29.5 Å². The molecule has 0 saturated carbocycles. The highest BCUT2D eigenvalue weighted by atomic mass is 16.5. The summed E-state index contributed by atoms with van der Waals surface area (Å²) in [6.45, 7) is 7.30. The van der Waals surface area contributed by atoms with Gasteiger partial charge >= 0.3 is 5.97 Å². The van der Waals surface area contributed by atoms with Crippen molar-refractivity contribution in [2.24, 2.45) is 11.8 Å². The Labute approximate surface area is 267 Å². The van der Waals surface area contributed by atoms with Gasteiger partial charge in [-0.1, -0.05) is 103 Å². The maximum absolute atomic E-state index is 13.6. The summed E-state index contributed by atoms with van der Waals surface area (Å²) in [5, 5.41) is 15.7. The quantitative estimate of drug-likeness (QED) is 0.0839. The van der Waals surface area contributed by atoms with Crippen LogP contribution in [0.15, 0.2) is 116 Å². The van der Waals surface area contributed by atoms with Crippen molar-refractivity contribution in [2.75, 3.05) is 13.2 Å². The van der Waals surface area contributed by atoms with E-state index < -0.39 is 18.0 Å². The number of unbranched alkanes of at least 4 members (excludes halogenated alkanes) is 1. The second-order valence-electron chi connectivity index (χ2n) is 11.3. The first-order valence-electron chi connectivity index (χ1n) is 15.6. The summed E-state index contributed by atoms with van der Waals surface area (Å²) in [7, 11) is 0. The Bertz CT molecular complexity index is 1330. The van der Waals surface area contributed by atoms with E-state index in [1.807, 2.05) is 97.1 Å². The number of amides is 2. The highest BCUT2D eigenvalue weighted by Crippen LogP contribution is 2.21. The van der Waals surface area contributed by atoms with Crippen molar-refractivity contribution in [3.05, 3.63) is 133 Å². The van der Waals surface area contributed by atoms with Crippen molar-refractivity contribution in [2.45, 2.75) is 57.0 Å². The molecular formula is C38H46N2O5. The topological polar surface area (TPSA) is 105 Å². The number of nitrogens with one attached hydrogen (secondary N) is 2. The zero-order valence-corrected chi connectivity index (χ0v) is 26.0. The molecule has 7 heteroatoms. The Morgan fingerprint density at radius 3 is 1.96 bits per heavy atom. The van der Waals surface area contributed by atoms with Crippen LogP contribution < -0.4 is 10.6 Å². The average molecular weight is 611 g/mol. The number of hydrogen-bond donors (Lipinski definition) is 3. The van der Waals surface area contributed by atoms with E-state index in [4.69, 9.17) is 4.74 Å². The molecule has 4 atom stereocenters. The SMILES string of the molecule is C=CCCCC(Cc1ccccc1)C(=O)OCC(NC(=O)C(CC=C)CC(=O)NC(CO)Cc1ccccc1)c1ccccc1. The number of benzene rings is 3. The predicted molar refractivity (Wildman–Crippen MR) is 178 cm³/mol. The van der Waals surface area contributed by atoms with E-state index in [2.05, 4.69) is 23.8 Å². The van der Waals surface area contributed by atoms with E-state index in [9.17, 15) is 19.5 Å². The van der Waals surface area contributed by atoms with Crippen LogP contribution in [0.25, 0.3) is 0 Å². The second-order valence-corrected chi connectivity index (χ2v) is 11.3. The lowest BCUT2D eigenvalue weighted by Crippen LogP contribution is -2.42. The van der Waals surface area contributed by atoms with E-state index >= 15 is 0 Å². The second kappa shape index (κ2) is 19.7. The third-order valence-corrected chi connectivity index (χ3v) is 7.69. The van der Waals surface area contributed by atoms with Crippen molar-refractivity contribution in [1.29, 1.82) is 0 Å². The number of carbonyl (C=O) groups excluding carboxylic acids is 3. The van der Waals surface area contributed by atoms with Gasteiger partial charge in [-0.15, -0.1) is 13.2 Å². The van der Waals surface area contributed by atoms with Crippen molar-refractivity contribution < 1.29 is 24.2 Å². The zero-order chi connectivity index (χ0) is 32.3.